The highest BCUT2D eigenvalue weighted by atomic mass is 19.4. The quantitative estimate of drug-likeness (QED) is 0.913. The number of aliphatic carboxylic acids is 1. The van der Waals surface area contributed by atoms with Crippen molar-refractivity contribution in [2.75, 3.05) is 13.1 Å². The number of carbonyl (C=O) groups excluding carboxylic acids is 1. The number of carboxylic acid groups (broad SMARTS) is 1. The Balaban J connectivity index is 2.29. The molecule has 21 heavy (non-hydrogen) atoms. The maximum absolute atomic E-state index is 12.9. The Labute approximate surface area is 119 Å². The third-order valence-corrected chi connectivity index (χ3v) is 3.74. The SMILES string of the molecule is C[C@]1(C(=O)O)CCN(C(=O)c2ccccc2C(F)(F)F)C1. The first-order valence-electron chi connectivity index (χ1n) is 6.34. The highest BCUT2D eigenvalue weighted by Gasteiger charge is 2.43. The van der Waals surface area contributed by atoms with Gasteiger partial charge in [0.15, 0.2) is 0 Å². The van der Waals surface area contributed by atoms with E-state index in [0.29, 0.717) is 0 Å². The van der Waals surface area contributed by atoms with Gasteiger partial charge in [0.25, 0.3) is 5.91 Å². The van der Waals surface area contributed by atoms with Gasteiger partial charge in [-0.05, 0) is 25.5 Å². The van der Waals surface area contributed by atoms with E-state index in [1.165, 1.54) is 24.0 Å². The molecule has 1 N–H and O–H groups in total. The van der Waals surface area contributed by atoms with Crippen LogP contribution in [0.1, 0.15) is 29.3 Å². The molecule has 1 atom stereocenters. The summed E-state index contributed by atoms with van der Waals surface area (Å²) in [7, 11) is 0. The van der Waals surface area contributed by atoms with Gasteiger partial charge < -0.3 is 10.0 Å². The minimum atomic E-state index is -4.62. The van der Waals surface area contributed by atoms with Gasteiger partial charge in [0.05, 0.1) is 16.5 Å². The van der Waals surface area contributed by atoms with E-state index in [0.717, 1.165) is 12.1 Å². The van der Waals surface area contributed by atoms with Crippen LogP contribution < -0.4 is 0 Å². The van der Waals surface area contributed by atoms with Crippen molar-refractivity contribution < 1.29 is 27.9 Å². The van der Waals surface area contributed by atoms with Gasteiger partial charge in [-0.1, -0.05) is 12.1 Å². The van der Waals surface area contributed by atoms with E-state index in [1.807, 2.05) is 0 Å². The molecule has 0 spiro atoms. The van der Waals surface area contributed by atoms with Crippen LogP contribution in [-0.2, 0) is 11.0 Å². The maximum Gasteiger partial charge on any atom is 0.417 e. The first-order chi connectivity index (χ1) is 9.65. The first-order valence-corrected chi connectivity index (χ1v) is 6.34. The lowest BCUT2D eigenvalue weighted by molar-refractivity contribution is -0.147. The molecule has 1 aromatic carbocycles. The number of carbonyl (C=O) groups is 2. The molecule has 0 bridgehead atoms. The zero-order valence-corrected chi connectivity index (χ0v) is 11.3. The minimum absolute atomic E-state index is 0.0899. The van der Waals surface area contributed by atoms with Crippen molar-refractivity contribution in [2.45, 2.75) is 19.5 Å². The number of hydrogen-bond donors (Lipinski definition) is 1. The number of nitrogens with zero attached hydrogens (tertiary/aromatic N) is 1. The number of hydrogen-bond acceptors (Lipinski definition) is 2. The summed E-state index contributed by atoms with van der Waals surface area (Å²) in [4.78, 5) is 24.6. The summed E-state index contributed by atoms with van der Waals surface area (Å²) in [5.74, 6) is -1.84. The molecular weight excluding hydrogens is 287 g/mol. The number of alkyl halides is 3. The number of rotatable bonds is 2. The number of carboxylic acids is 1. The summed E-state index contributed by atoms with van der Waals surface area (Å²) >= 11 is 0. The molecule has 0 radical (unpaired) electrons. The second-order valence-electron chi connectivity index (χ2n) is 5.39. The number of likely N-dealkylation sites (tertiary alicyclic amines) is 1. The van der Waals surface area contributed by atoms with E-state index >= 15 is 0 Å². The molecule has 4 nitrogen and oxygen atoms in total. The summed E-state index contributed by atoms with van der Waals surface area (Å²) in [6, 6.07) is 4.53. The lowest BCUT2D eigenvalue weighted by Gasteiger charge is -2.21. The van der Waals surface area contributed by atoms with Gasteiger partial charge in [0, 0.05) is 13.1 Å². The van der Waals surface area contributed by atoms with Gasteiger partial charge in [0.1, 0.15) is 0 Å². The third kappa shape index (κ3) is 2.86. The summed E-state index contributed by atoms with van der Waals surface area (Å²) in [6.07, 6.45) is -4.40. The average Bonchev–Trinajstić information content (AvgIpc) is 2.81. The lowest BCUT2D eigenvalue weighted by atomic mass is 9.90. The van der Waals surface area contributed by atoms with Crippen molar-refractivity contribution in [1.29, 1.82) is 0 Å². The van der Waals surface area contributed by atoms with Gasteiger partial charge in [-0.2, -0.15) is 13.2 Å². The molecule has 2 rings (SSSR count). The zero-order valence-electron chi connectivity index (χ0n) is 11.3. The highest BCUT2D eigenvalue weighted by Crippen LogP contribution is 2.35. The molecule has 0 aliphatic carbocycles. The molecule has 1 fully saturated rings. The van der Waals surface area contributed by atoms with E-state index < -0.39 is 34.6 Å². The Morgan fingerprint density at radius 3 is 2.43 bits per heavy atom. The normalized spacial score (nSPS) is 22.4. The number of amides is 1. The minimum Gasteiger partial charge on any atom is -0.481 e. The van der Waals surface area contributed by atoms with Gasteiger partial charge in [-0.25, -0.2) is 0 Å². The zero-order chi connectivity index (χ0) is 15.8. The van der Waals surface area contributed by atoms with Gasteiger partial charge in [-0.15, -0.1) is 0 Å². The predicted octanol–water partition coefficient (Wildman–Crippen LogP) is 2.64. The molecule has 1 amide bonds. The smallest absolute Gasteiger partial charge is 0.417 e. The molecule has 0 unspecified atom stereocenters. The molecule has 1 heterocycles. The molecule has 7 heteroatoms. The second kappa shape index (κ2) is 5.05. The largest absolute Gasteiger partial charge is 0.481 e. The van der Waals surface area contributed by atoms with Crippen LogP contribution in [0, 0.1) is 5.41 Å². The van der Waals surface area contributed by atoms with Crippen molar-refractivity contribution >= 4 is 11.9 Å². The average molecular weight is 301 g/mol. The Morgan fingerprint density at radius 1 is 1.29 bits per heavy atom. The number of halogens is 3. The predicted molar refractivity (Wildman–Crippen MR) is 67.7 cm³/mol. The third-order valence-electron chi connectivity index (χ3n) is 3.74. The molecule has 1 aromatic rings. The van der Waals surface area contributed by atoms with Crippen molar-refractivity contribution in [3.63, 3.8) is 0 Å². The van der Waals surface area contributed by atoms with Crippen LogP contribution in [-0.4, -0.2) is 35.0 Å². The van der Waals surface area contributed by atoms with E-state index in [1.54, 1.807) is 0 Å². The van der Waals surface area contributed by atoms with Crippen molar-refractivity contribution in [2.24, 2.45) is 5.41 Å². The molecule has 0 aromatic heterocycles. The molecule has 1 saturated heterocycles. The molecular formula is C14H14F3NO3. The van der Waals surface area contributed by atoms with Crippen LogP contribution in [0.5, 0.6) is 0 Å². The molecule has 1 aliphatic rings. The summed E-state index contributed by atoms with van der Waals surface area (Å²) in [6.45, 7) is 1.53. The van der Waals surface area contributed by atoms with E-state index in [2.05, 4.69) is 0 Å². The van der Waals surface area contributed by atoms with Crippen LogP contribution >= 0.6 is 0 Å². The fourth-order valence-corrected chi connectivity index (χ4v) is 2.40. The summed E-state index contributed by atoms with van der Waals surface area (Å²) in [5.41, 5.74) is -2.55. The van der Waals surface area contributed by atoms with Gasteiger partial charge in [-0.3, -0.25) is 9.59 Å². The van der Waals surface area contributed by atoms with E-state index in [9.17, 15) is 22.8 Å². The molecule has 0 saturated carbocycles. The highest BCUT2D eigenvalue weighted by molar-refractivity contribution is 5.96. The van der Waals surface area contributed by atoms with Crippen LogP contribution in [0.15, 0.2) is 24.3 Å². The van der Waals surface area contributed by atoms with Crippen molar-refractivity contribution in [3.05, 3.63) is 35.4 Å². The Kier molecular flexibility index (Phi) is 3.69. The van der Waals surface area contributed by atoms with Crippen LogP contribution in [0.25, 0.3) is 0 Å². The van der Waals surface area contributed by atoms with Gasteiger partial charge >= 0.3 is 12.1 Å². The summed E-state index contributed by atoms with van der Waals surface area (Å²) < 4.78 is 38.7. The monoisotopic (exact) mass is 301 g/mol. The van der Waals surface area contributed by atoms with Crippen LogP contribution in [0.3, 0.4) is 0 Å². The van der Waals surface area contributed by atoms with Crippen molar-refractivity contribution in [1.82, 2.24) is 4.90 Å². The van der Waals surface area contributed by atoms with Crippen LogP contribution in [0.2, 0.25) is 0 Å². The topological polar surface area (TPSA) is 57.6 Å². The summed E-state index contributed by atoms with van der Waals surface area (Å²) in [5, 5.41) is 9.11. The van der Waals surface area contributed by atoms with E-state index in [4.69, 9.17) is 5.11 Å². The van der Waals surface area contributed by atoms with Crippen molar-refractivity contribution in [3.8, 4) is 0 Å². The maximum atomic E-state index is 12.9. The fraction of sp³-hybridized carbons (Fsp3) is 0.429. The molecule has 1 aliphatic heterocycles. The van der Waals surface area contributed by atoms with E-state index in [-0.39, 0.29) is 19.5 Å². The fourth-order valence-electron chi connectivity index (χ4n) is 2.40. The Bertz CT molecular complexity index is 585. The second-order valence-corrected chi connectivity index (χ2v) is 5.39. The first kappa shape index (κ1) is 15.3. The van der Waals surface area contributed by atoms with Gasteiger partial charge in [0.2, 0.25) is 0 Å². The Hall–Kier alpha value is -2.05. The lowest BCUT2D eigenvalue weighted by Crippen LogP contribution is -2.35. The van der Waals surface area contributed by atoms with Crippen LogP contribution in [0.4, 0.5) is 13.2 Å². The Morgan fingerprint density at radius 2 is 1.90 bits per heavy atom. The number of benzene rings is 1. The molecule has 114 valence electrons. The standard InChI is InChI=1S/C14H14F3NO3/c1-13(12(20)21)6-7-18(8-13)11(19)9-4-2-3-5-10(9)14(15,16)17/h2-5H,6-8H2,1H3,(H,20,21)/t13-/m0/s1.